The lowest BCUT2D eigenvalue weighted by atomic mass is 10.2. The van der Waals surface area contributed by atoms with E-state index in [0.29, 0.717) is 0 Å². The average molecular weight is 297 g/mol. The summed E-state index contributed by atoms with van der Waals surface area (Å²) in [4.78, 5) is 22.2. The zero-order valence-corrected chi connectivity index (χ0v) is 11.4. The van der Waals surface area contributed by atoms with Gasteiger partial charge in [0.15, 0.2) is 0 Å². The lowest BCUT2D eigenvalue weighted by Crippen LogP contribution is -2.34. The number of nitrogens with one attached hydrogen (secondary N) is 3. The predicted octanol–water partition coefficient (Wildman–Crippen LogP) is -0.296. The highest BCUT2D eigenvalue weighted by Gasteiger charge is 2.30. The van der Waals surface area contributed by atoms with Crippen molar-refractivity contribution < 1.29 is 18.0 Å². The fraction of sp³-hybridized carbons (Fsp3) is 0.333. The molecule has 1 heterocycles. The lowest BCUT2D eigenvalue weighted by Gasteiger charge is -2.09. The van der Waals surface area contributed by atoms with Crippen LogP contribution in [0.15, 0.2) is 30.3 Å². The molecule has 1 aromatic carbocycles. The Morgan fingerprint density at radius 1 is 1.15 bits per heavy atom. The molecule has 0 saturated carbocycles. The molecule has 8 heteroatoms. The van der Waals surface area contributed by atoms with Gasteiger partial charge in [-0.25, -0.2) is 17.9 Å². The van der Waals surface area contributed by atoms with Crippen molar-refractivity contribution in [2.75, 3.05) is 5.75 Å². The van der Waals surface area contributed by atoms with Crippen LogP contribution in [-0.4, -0.2) is 32.2 Å². The Balaban J connectivity index is 1.82. The van der Waals surface area contributed by atoms with Gasteiger partial charge in [-0.15, -0.1) is 0 Å². The maximum Gasteiger partial charge on any atom is 0.322 e. The third-order valence-electron chi connectivity index (χ3n) is 2.87. The van der Waals surface area contributed by atoms with Crippen molar-refractivity contribution in [3.05, 3.63) is 35.9 Å². The van der Waals surface area contributed by atoms with E-state index in [0.717, 1.165) is 5.56 Å². The summed E-state index contributed by atoms with van der Waals surface area (Å²) in [6.45, 7) is 0.201. The van der Waals surface area contributed by atoms with E-state index in [9.17, 15) is 18.0 Å². The number of sulfonamides is 1. The molecule has 3 amide bonds. The molecule has 1 atom stereocenters. The van der Waals surface area contributed by atoms with Gasteiger partial charge in [-0.05, 0) is 12.0 Å². The number of urea groups is 1. The number of rotatable bonds is 6. The molecule has 3 N–H and O–H groups in total. The molecule has 2 rings (SSSR count). The Morgan fingerprint density at radius 2 is 1.85 bits per heavy atom. The maximum atomic E-state index is 11.8. The van der Waals surface area contributed by atoms with E-state index in [1.807, 2.05) is 30.3 Å². The van der Waals surface area contributed by atoms with E-state index < -0.39 is 28.0 Å². The first-order valence-electron chi connectivity index (χ1n) is 6.09. The Hall–Kier alpha value is -1.93. The SMILES string of the molecule is O=C1NC(=O)C(CCS(=O)(=O)NCc2ccccc2)N1. The van der Waals surface area contributed by atoms with Crippen LogP contribution in [0.4, 0.5) is 4.79 Å². The van der Waals surface area contributed by atoms with Gasteiger partial charge < -0.3 is 5.32 Å². The van der Waals surface area contributed by atoms with Crippen LogP contribution in [0.3, 0.4) is 0 Å². The number of imide groups is 1. The summed E-state index contributed by atoms with van der Waals surface area (Å²) in [6, 6.07) is 7.74. The average Bonchev–Trinajstić information content (AvgIpc) is 2.74. The van der Waals surface area contributed by atoms with Crippen LogP contribution in [0, 0.1) is 0 Å². The highest BCUT2D eigenvalue weighted by molar-refractivity contribution is 7.89. The summed E-state index contributed by atoms with van der Waals surface area (Å²) in [5.41, 5.74) is 0.850. The maximum absolute atomic E-state index is 11.8. The number of hydrogen-bond acceptors (Lipinski definition) is 4. The van der Waals surface area contributed by atoms with Crippen LogP contribution in [0.1, 0.15) is 12.0 Å². The second-order valence-electron chi connectivity index (χ2n) is 4.43. The molecule has 20 heavy (non-hydrogen) atoms. The number of carbonyl (C=O) groups excluding carboxylic acids is 2. The molecule has 0 radical (unpaired) electrons. The molecule has 1 aliphatic rings. The molecule has 1 unspecified atom stereocenters. The highest BCUT2D eigenvalue weighted by atomic mass is 32.2. The quantitative estimate of drug-likeness (QED) is 0.627. The Bertz CT molecular complexity index is 600. The van der Waals surface area contributed by atoms with E-state index in [1.165, 1.54) is 0 Å². The van der Waals surface area contributed by atoms with E-state index in [2.05, 4.69) is 15.4 Å². The molecule has 0 aliphatic carbocycles. The number of hydrogen-bond donors (Lipinski definition) is 3. The summed E-state index contributed by atoms with van der Waals surface area (Å²) < 4.78 is 26.0. The van der Waals surface area contributed by atoms with Crippen molar-refractivity contribution in [2.45, 2.75) is 19.0 Å². The van der Waals surface area contributed by atoms with Crippen LogP contribution < -0.4 is 15.4 Å². The monoisotopic (exact) mass is 297 g/mol. The van der Waals surface area contributed by atoms with Crippen molar-refractivity contribution in [2.24, 2.45) is 0 Å². The number of carbonyl (C=O) groups is 2. The summed E-state index contributed by atoms with van der Waals surface area (Å²) in [5.74, 6) is -0.716. The topological polar surface area (TPSA) is 104 Å². The number of benzene rings is 1. The van der Waals surface area contributed by atoms with Gasteiger partial charge in [0.2, 0.25) is 10.0 Å². The predicted molar refractivity (Wildman–Crippen MR) is 72.1 cm³/mol. The van der Waals surface area contributed by atoms with Crippen LogP contribution in [-0.2, 0) is 21.4 Å². The van der Waals surface area contributed by atoms with Crippen LogP contribution >= 0.6 is 0 Å². The molecule has 0 aromatic heterocycles. The second-order valence-corrected chi connectivity index (χ2v) is 6.36. The van der Waals surface area contributed by atoms with Crippen molar-refractivity contribution in [1.82, 2.24) is 15.4 Å². The molecular weight excluding hydrogens is 282 g/mol. The Kier molecular flexibility index (Phi) is 4.35. The summed E-state index contributed by atoms with van der Waals surface area (Å²) in [7, 11) is -3.49. The first-order chi connectivity index (χ1) is 9.46. The fourth-order valence-electron chi connectivity index (χ4n) is 1.80. The second kappa shape index (κ2) is 6.02. The molecule has 1 aliphatic heterocycles. The van der Waals surface area contributed by atoms with E-state index >= 15 is 0 Å². The van der Waals surface area contributed by atoms with Crippen molar-refractivity contribution >= 4 is 22.0 Å². The van der Waals surface area contributed by atoms with Gasteiger partial charge in [0, 0.05) is 6.54 Å². The molecule has 1 fully saturated rings. The number of amides is 3. The molecule has 108 valence electrons. The van der Waals surface area contributed by atoms with Gasteiger partial charge in [-0.3, -0.25) is 10.1 Å². The lowest BCUT2D eigenvalue weighted by molar-refractivity contribution is -0.120. The van der Waals surface area contributed by atoms with Gasteiger partial charge in [0.05, 0.1) is 5.75 Å². The van der Waals surface area contributed by atoms with Crippen LogP contribution in [0.25, 0.3) is 0 Å². The van der Waals surface area contributed by atoms with Crippen molar-refractivity contribution in [3.8, 4) is 0 Å². The molecule has 1 saturated heterocycles. The van der Waals surface area contributed by atoms with Crippen LogP contribution in [0.5, 0.6) is 0 Å². The third kappa shape index (κ3) is 4.04. The van der Waals surface area contributed by atoms with Gasteiger partial charge in [-0.2, -0.15) is 0 Å². The van der Waals surface area contributed by atoms with E-state index in [1.54, 1.807) is 0 Å². The van der Waals surface area contributed by atoms with Crippen molar-refractivity contribution in [3.63, 3.8) is 0 Å². The minimum Gasteiger partial charge on any atom is -0.326 e. The summed E-state index contributed by atoms with van der Waals surface area (Å²) in [6.07, 6.45) is 0.0433. The smallest absolute Gasteiger partial charge is 0.322 e. The van der Waals surface area contributed by atoms with Gasteiger partial charge in [0.25, 0.3) is 5.91 Å². The molecule has 7 nitrogen and oxygen atoms in total. The highest BCUT2D eigenvalue weighted by Crippen LogP contribution is 2.03. The summed E-state index contributed by atoms with van der Waals surface area (Å²) in [5, 5.41) is 4.41. The minimum absolute atomic E-state index is 0.0433. The van der Waals surface area contributed by atoms with E-state index in [-0.39, 0.29) is 18.7 Å². The molecule has 0 spiro atoms. The largest absolute Gasteiger partial charge is 0.326 e. The zero-order chi connectivity index (χ0) is 14.6. The van der Waals surface area contributed by atoms with Gasteiger partial charge >= 0.3 is 6.03 Å². The molecule has 0 bridgehead atoms. The van der Waals surface area contributed by atoms with Gasteiger partial charge in [0.1, 0.15) is 6.04 Å². The third-order valence-corrected chi connectivity index (χ3v) is 4.23. The first-order valence-corrected chi connectivity index (χ1v) is 7.74. The standard InChI is InChI=1S/C12H15N3O4S/c16-11-10(14-12(17)15-11)6-7-20(18,19)13-8-9-4-2-1-3-5-9/h1-5,10,13H,6-8H2,(H2,14,15,16,17). The van der Waals surface area contributed by atoms with E-state index in [4.69, 9.17) is 0 Å². The first kappa shape index (κ1) is 14.5. The van der Waals surface area contributed by atoms with Gasteiger partial charge in [-0.1, -0.05) is 30.3 Å². The Morgan fingerprint density at radius 3 is 2.45 bits per heavy atom. The molecular formula is C12H15N3O4S. The van der Waals surface area contributed by atoms with Crippen LogP contribution in [0.2, 0.25) is 0 Å². The van der Waals surface area contributed by atoms with Crippen molar-refractivity contribution in [1.29, 1.82) is 0 Å². The summed E-state index contributed by atoms with van der Waals surface area (Å²) >= 11 is 0. The zero-order valence-electron chi connectivity index (χ0n) is 10.6. The minimum atomic E-state index is -3.49. The normalized spacial score (nSPS) is 18.7. The molecule has 1 aromatic rings. The Labute approximate surface area is 116 Å². The fourth-order valence-corrected chi connectivity index (χ4v) is 2.87.